The zero-order valence-electron chi connectivity index (χ0n) is 9.87. The molecule has 1 heterocycles. The first kappa shape index (κ1) is 11.1. The fourth-order valence-electron chi connectivity index (χ4n) is 1.99. The second-order valence-electron chi connectivity index (χ2n) is 3.66. The fraction of sp³-hybridized carbons (Fsp3) is 0.500. The number of likely N-dealkylation sites (N-methyl/N-ethyl adjacent to an activating group) is 1. The highest BCUT2D eigenvalue weighted by Gasteiger charge is 2.28. The molecule has 0 fully saturated rings. The lowest BCUT2D eigenvalue weighted by molar-refractivity contribution is 0.311. The molecule has 1 aromatic carbocycles. The summed E-state index contributed by atoms with van der Waals surface area (Å²) in [6.45, 7) is 3.63. The minimum absolute atomic E-state index is 0.209. The number of hydrogen-bond donors (Lipinski definition) is 1. The Labute approximate surface area is 95.5 Å². The SMILES string of the molecule is CCNC1COc2cc(OC)cc(OC)c21. The van der Waals surface area contributed by atoms with E-state index in [9.17, 15) is 0 Å². The van der Waals surface area contributed by atoms with E-state index in [0.717, 1.165) is 29.4 Å². The van der Waals surface area contributed by atoms with Gasteiger partial charge in [-0.15, -0.1) is 0 Å². The Morgan fingerprint density at radius 1 is 1.38 bits per heavy atom. The second-order valence-corrected chi connectivity index (χ2v) is 3.66. The van der Waals surface area contributed by atoms with Gasteiger partial charge in [0.2, 0.25) is 0 Å². The third-order valence-electron chi connectivity index (χ3n) is 2.74. The number of rotatable bonds is 4. The summed E-state index contributed by atoms with van der Waals surface area (Å²) >= 11 is 0. The van der Waals surface area contributed by atoms with Crippen molar-refractivity contribution in [3.05, 3.63) is 17.7 Å². The lowest BCUT2D eigenvalue weighted by Gasteiger charge is -2.13. The van der Waals surface area contributed by atoms with Crippen LogP contribution in [0.2, 0.25) is 0 Å². The van der Waals surface area contributed by atoms with E-state index in [2.05, 4.69) is 12.2 Å². The Bertz CT molecular complexity index is 379. The van der Waals surface area contributed by atoms with Gasteiger partial charge in [0.05, 0.1) is 25.8 Å². The lowest BCUT2D eigenvalue weighted by Crippen LogP contribution is -2.22. The first-order chi connectivity index (χ1) is 7.80. The van der Waals surface area contributed by atoms with E-state index in [1.807, 2.05) is 12.1 Å². The highest BCUT2D eigenvalue weighted by Crippen LogP contribution is 2.42. The molecule has 1 unspecified atom stereocenters. The molecular formula is C12H17NO3. The van der Waals surface area contributed by atoms with Crippen molar-refractivity contribution >= 4 is 0 Å². The van der Waals surface area contributed by atoms with Crippen molar-refractivity contribution in [1.82, 2.24) is 5.32 Å². The molecule has 0 saturated carbocycles. The standard InChI is InChI=1S/C12H17NO3/c1-4-13-9-7-16-11-6-8(14-2)5-10(15-3)12(9)11/h5-6,9,13H,4,7H2,1-3H3. The summed E-state index contributed by atoms with van der Waals surface area (Å²) in [5.74, 6) is 2.42. The Balaban J connectivity index is 2.40. The van der Waals surface area contributed by atoms with Gasteiger partial charge in [-0.1, -0.05) is 6.92 Å². The van der Waals surface area contributed by atoms with Crippen LogP contribution in [0.3, 0.4) is 0 Å². The number of hydrogen-bond acceptors (Lipinski definition) is 4. The van der Waals surface area contributed by atoms with Crippen LogP contribution in [0.15, 0.2) is 12.1 Å². The zero-order valence-corrected chi connectivity index (χ0v) is 9.87. The molecule has 2 rings (SSSR count). The molecule has 1 atom stereocenters. The maximum absolute atomic E-state index is 5.63. The maximum Gasteiger partial charge on any atom is 0.131 e. The molecule has 1 aliphatic heterocycles. The molecule has 1 aliphatic rings. The third kappa shape index (κ3) is 1.80. The van der Waals surface area contributed by atoms with E-state index in [4.69, 9.17) is 14.2 Å². The fourth-order valence-corrected chi connectivity index (χ4v) is 1.99. The van der Waals surface area contributed by atoms with Crippen LogP contribution in [0.1, 0.15) is 18.5 Å². The van der Waals surface area contributed by atoms with Crippen molar-refractivity contribution in [3.8, 4) is 17.2 Å². The molecule has 0 amide bonds. The normalized spacial score (nSPS) is 17.8. The molecule has 88 valence electrons. The van der Waals surface area contributed by atoms with Gasteiger partial charge >= 0.3 is 0 Å². The van der Waals surface area contributed by atoms with E-state index < -0.39 is 0 Å². The van der Waals surface area contributed by atoms with Crippen LogP contribution in [0.25, 0.3) is 0 Å². The monoisotopic (exact) mass is 223 g/mol. The van der Waals surface area contributed by atoms with E-state index in [1.165, 1.54) is 0 Å². The van der Waals surface area contributed by atoms with Gasteiger partial charge in [-0.25, -0.2) is 0 Å². The van der Waals surface area contributed by atoms with Gasteiger partial charge in [-0.3, -0.25) is 0 Å². The topological polar surface area (TPSA) is 39.7 Å². The molecule has 0 bridgehead atoms. The minimum Gasteiger partial charge on any atom is -0.496 e. The van der Waals surface area contributed by atoms with Gasteiger partial charge in [0, 0.05) is 12.1 Å². The average Bonchev–Trinajstić information content (AvgIpc) is 2.72. The Morgan fingerprint density at radius 2 is 2.19 bits per heavy atom. The number of nitrogens with one attached hydrogen (secondary N) is 1. The number of ether oxygens (including phenoxy) is 3. The highest BCUT2D eigenvalue weighted by atomic mass is 16.5. The van der Waals surface area contributed by atoms with Gasteiger partial charge in [-0.2, -0.15) is 0 Å². The predicted molar refractivity (Wildman–Crippen MR) is 61.5 cm³/mol. The Morgan fingerprint density at radius 3 is 2.81 bits per heavy atom. The molecule has 0 aliphatic carbocycles. The van der Waals surface area contributed by atoms with Gasteiger partial charge in [0.15, 0.2) is 0 Å². The van der Waals surface area contributed by atoms with E-state index in [-0.39, 0.29) is 6.04 Å². The van der Waals surface area contributed by atoms with Crippen molar-refractivity contribution in [2.75, 3.05) is 27.4 Å². The summed E-state index contributed by atoms with van der Waals surface area (Å²) in [7, 11) is 3.30. The van der Waals surface area contributed by atoms with Gasteiger partial charge < -0.3 is 19.5 Å². The largest absolute Gasteiger partial charge is 0.496 e. The smallest absolute Gasteiger partial charge is 0.131 e. The summed E-state index contributed by atoms with van der Waals surface area (Å²) in [5, 5.41) is 3.37. The lowest BCUT2D eigenvalue weighted by atomic mass is 10.1. The number of methoxy groups -OCH3 is 2. The molecule has 0 spiro atoms. The summed E-state index contributed by atoms with van der Waals surface area (Å²) in [4.78, 5) is 0. The molecule has 1 N–H and O–H groups in total. The minimum atomic E-state index is 0.209. The molecule has 1 aromatic rings. The van der Waals surface area contributed by atoms with Crippen molar-refractivity contribution < 1.29 is 14.2 Å². The molecule has 16 heavy (non-hydrogen) atoms. The summed E-state index contributed by atoms with van der Waals surface area (Å²) in [5.41, 5.74) is 1.09. The van der Waals surface area contributed by atoms with Crippen LogP contribution in [-0.4, -0.2) is 27.4 Å². The van der Waals surface area contributed by atoms with Crippen LogP contribution >= 0.6 is 0 Å². The van der Waals surface area contributed by atoms with Gasteiger partial charge in [0.1, 0.15) is 23.9 Å². The van der Waals surface area contributed by atoms with Gasteiger partial charge in [0.25, 0.3) is 0 Å². The zero-order chi connectivity index (χ0) is 11.5. The molecule has 0 saturated heterocycles. The average molecular weight is 223 g/mol. The van der Waals surface area contributed by atoms with Crippen LogP contribution in [0.5, 0.6) is 17.2 Å². The maximum atomic E-state index is 5.63. The molecule has 4 nitrogen and oxygen atoms in total. The Kier molecular flexibility index (Phi) is 3.19. The van der Waals surface area contributed by atoms with Crippen molar-refractivity contribution in [3.63, 3.8) is 0 Å². The third-order valence-corrected chi connectivity index (χ3v) is 2.74. The first-order valence-corrected chi connectivity index (χ1v) is 5.42. The first-order valence-electron chi connectivity index (χ1n) is 5.42. The van der Waals surface area contributed by atoms with Crippen molar-refractivity contribution in [2.24, 2.45) is 0 Å². The van der Waals surface area contributed by atoms with Crippen LogP contribution in [0.4, 0.5) is 0 Å². The number of fused-ring (bicyclic) bond motifs is 1. The molecule has 4 heteroatoms. The molecule has 0 aromatic heterocycles. The Hall–Kier alpha value is -1.42. The van der Waals surface area contributed by atoms with E-state index in [0.29, 0.717) is 6.61 Å². The number of benzene rings is 1. The van der Waals surface area contributed by atoms with E-state index >= 15 is 0 Å². The summed E-state index contributed by atoms with van der Waals surface area (Å²) in [6.07, 6.45) is 0. The predicted octanol–water partition coefficient (Wildman–Crippen LogP) is 1.75. The van der Waals surface area contributed by atoms with Crippen molar-refractivity contribution in [2.45, 2.75) is 13.0 Å². The summed E-state index contributed by atoms with van der Waals surface area (Å²) < 4.78 is 16.2. The highest BCUT2D eigenvalue weighted by molar-refractivity contribution is 5.54. The van der Waals surface area contributed by atoms with Crippen molar-refractivity contribution in [1.29, 1.82) is 0 Å². The van der Waals surface area contributed by atoms with Crippen LogP contribution in [-0.2, 0) is 0 Å². The molecular weight excluding hydrogens is 206 g/mol. The summed E-state index contributed by atoms with van der Waals surface area (Å²) in [6, 6.07) is 3.99. The van der Waals surface area contributed by atoms with Crippen LogP contribution < -0.4 is 19.5 Å². The van der Waals surface area contributed by atoms with E-state index in [1.54, 1.807) is 14.2 Å². The second kappa shape index (κ2) is 4.61. The molecule has 0 radical (unpaired) electrons. The van der Waals surface area contributed by atoms with Gasteiger partial charge in [-0.05, 0) is 6.54 Å². The quantitative estimate of drug-likeness (QED) is 0.844. The van der Waals surface area contributed by atoms with Crippen LogP contribution in [0, 0.1) is 0 Å².